The first-order valence-electron chi connectivity index (χ1n) is 5.06. The van der Waals surface area contributed by atoms with Crippen LogP contribution in [0.2, 0.25) is 0 Å². The Morgan fingerprint density at radius 1 is 1.38 bits per heavy atom. The van der Waals surface area contributed by atoms with Gasteiger partial charge in [0.05, 0.1) is 5.41 Å². The molecule has 0 aliphatic heterocycles. The van der Waals surface area contributed by atoms with Crippen LogP contribution >= 0.6 is 0 Å². The predicted molar refractivity (Wildman–Crippen MR) is 57.4 cm³/mol. The number of hydrogen-bond donors (Lipinski definition) is 2. The molecular weight excluding hydrogens is 218 g/mol. The summed E-state index contributed by atoms with van der Waals surface area (Å²) in [7, 11) is 0. The third-order valence-corrected chi connectivity index (χ3v) is 2.03. The number of nitrogens with one attached hydrogen (secondary N) is 1. The molecule has 0 aliphatic carbocycles. The second-order valence-corrected chi connectivity index (χ2v) is 5.01. The molecule has 0 spiro atoms. The van der Waals surface area contributed by atoms with Crippen LogP contribution in [0.4, 0.5) is 13.6 Å². The lowest BCUT2D eigenvalue weighted by atomic mass is 9.91. The van der Waals surface area contributed by atoms with Crippen molar-refractivity contribution in [3.8, 4) is 0 Å². The van der Waals surface area contributed by atoms with Crippen molar-refractivity contribution in [2.75, 3.05) is 13.1 Å². The van der Waals surface area contributed by atoms with E-state index in [1.54, 1.807) is 20.8 Å². The first-order chi connectivity index (χ1) is 7.10. The van der Waals surface area contributed by atoms with Gasteiger partial charge in [-0.25, -0.2) is 13.6 Å². The number of hydrogen-bond acceptors (Lipinski definition) is 3. The van der Waals surface area contributed by atoms with Gasteiger partial charge in [0.2, 0.25) is 6.43 Å². The van der Waals surface area contributed by atoms with Gasteiger partial charge in [0, 0.05) is 13.1 Å². The Labute approximate surface area is 94.5 Å². The minimum absolute atomic E-state index is 0.208. The number of carbonyl (C=O) groups is 1. The van der Waals surface area contributed by atoms with E-state index in [1.165, 1.54) is 6.92 Å². The molecule has 0 saturated carbocycles. The summed E-state index contributed by atoms with van der Waals surface area (Å²) < 4.78 is 30.1. The minimum Gasteiger partial charge on any atom is -0.444 e. The van der Waals surface area contributed by atoms with Crippen LogP contribution in [0.15, 0.2) is 0 Å². The van der Waals surface area contributed by atoms with Crippen LogP contribution in [0.25, 0.3) is 0 Å². The fourth-order valence-corrected chi connectivity index (χ4v) is 0.827. The van der Waals surface area contributed by atoms with Gasteiger partial charge in [0.25, 0.3) is 0 Å². The van der Waals surface area contributed by atoms with Crippen LogP contribution in [0.1, 0.15) is 27.7 Å². The molecule has 4 nitrogen and oxygen atoms in total. The van der Waals surface area contributed by atoms with Crippen LogP contribution in [0.5, 0.6) is 0 Å². The van der Waals surface area contributed by atoms with Gasteiger partial charge in [0.15, 0.2) is 0 Å². The number of alkyl halides is 2. The fraction of sp³-hybridized carbons (Fsp3) is 0.900. The number of rotatable bonds is 4. The Bertz CT molecular complexity index is 241. The quantitative estimate of drug-likeness (QED) is 0.784. The first-order valence-corrected chi connectivity index (χ1v) is 5.06. The number of ether oxygens (including phenoxy) is 1. The molecule has 3 N–H and O–H groups in total. The van der Waals surface area contributed by atoms with Crippen LogP contribution in [0, 0.1) is 5.41 Å². The van der Waals surface area contributed by atoms with Gasteiger partial charge < -0.3 is 15.8 Å². The van der Waals surface area contributed by atoms with E-state index < -0.39 is 23.5 Å². The van der Waals surface area contributed by atoms with E-state index in [2.05, 4.69) is 5.32 Å². The van der Waals surface area contributed by atoms with Gasteiger partial charge in [-0.15, -0.1) is 0 Å². The lowest BCUT2D eigenvalue weighted by Crippen LogP contribution is -2.46. The molecule has 0 aromatic heterocycles. The summed E-state index contributed by atoms with van der Waals surface area (Å²) in [6.45, 7) is 5.98. The second-order valence-electron chi connectivity index (χ2n) is 5.01. The molecule has 0 radical (unpaired) electrons. The predicted octanol–water partition coefficient (Wildman–Crippen LogP) is 1.74. The van der Waals surface area contributed by atoms with Gasteiger partial charge in [0.1, 0.15) is 5.60 Å². The van der Waals surface area contributed by atoms with Gasteiger partial charge in [-0.05, 0) is 20.8 Å². The highest BCUT2D eigenvalue weighted by atomic mass is 19.3. The van der Waals surface area contributed by atoms with E-state index in [1.807, 2.05) is 0 Å². The van der Waals surface area contributed by atoms with Gasteiger partial charge in [-0.2, -0.15) is 0 Å². The SMILES string of the molecule is CC(C)(C)OC(=O)NCC(C)(CN)C(F)F. The van der Waals surface area contributed by atoms with E-state index in [0.29, 0.717) is 0 Å². The van der Waals surface area contributed by atoms with Crippen LogP contribution in [-0.2, 0) is 4.74 Å². The van der Waals surface area contributed by atoms with Crippen LogP contribution in [0.3, 0.4) is 0 Å². The van der Waals surface area contributed by atoms with E-state index in [0.717, 1.165) is 0 Å². The third-order valence-electron chi connectivity index (χ3n) is 2.03. The molecule has 16 heavy (non-hydrogen) atoms. The molecule has 0 aromatic carbocycles. The molecule has 1 atom stereocenters. The summed E-state index contributed by atoms with van der Waals surface area (Å²) in [5, 5.41) is 2.29. The lowest BCUT2D eigenvalue weighted by Gasteiger charge is -2.28. The highest BCUT2D eigenvalue weighted by molar-refractivity contribution is 5.67. The molecule has 96 valence electrons. The monoisotopic (exact) mass is 238 g/mol. The highest BCUT2D eigenvalue weighted by Gasteiger charge is 2.34. The van der Waals surface area contributed by atoms with Crippen molar-refractivity contribution in [3.63, 3.8) is 0 Å². The molecule has 0 rings (SSSR count). The standard InChI is InChI=1S/C10H20F2N2O2/c1-9(2,3)16-8(15)14-6-10(4,5-13)7(11)12/h7H,5-6,13H2,1-4H3,(H,14,15). The summed E-state index contributed by atoms with van der Waals surface area (Å²) in [5.74, 6) is 0. The number of amides is 1. The average molecular weight is 238 g/mol. The molecule has 1 amide bonds. The summed E-state index contributed by atoms with van der Waals surface area (Å²) in [5.41, 5.74) is 3.18. The second kappa shape index (κ2) is 5.43. The topological polar surface area (TPSA) is 64.3 Å². The average Bonchev–Trinajstić information content (AvgIpc) is 2.11. The van der Waals surface area contributed by atoms with Crippen molar-refractivity contribution in [3.05, 3.63) is 0 Å². The summed E-state index contributed by atoms with van der Waals surface area (Å²) >= 11 is 0. The normalized spacial score (nSPS) is 15.8. The Hall–Kier alpha value is -0.910. The lowest BCUT2D eigenvalue weighted by molar-refractivity contribution is 0.00824. The maximum absolute atomic E-state index is 12.6. The first kappa shape index (κ1) is 15.1. The number of alkyl carbamates (subject to hydrolysis) is 1. The third kappa shape index (κ3) is 5.25. The van der Waals surface area contributed by atoms with Gasteiger partial charge in [-0.1, -0.05) is 6.92 Å². The zero-order valence-corrected chi connectivity index (χ0v) is 10.1. The molecular formula is C10H20F2N2O2. The van der Waals surface area contributed by atoms with Crippen molar-refractivity contribution in [2.45, 2.75) is 39.7 Å². The van der Waals surface area contributed by atoms with E-state index >= 15 is 0 Å². The summed E-state index contributed by atoms with van der Waals surface area (Å²) in [6, 6.07) is 0. The zero-order chi connectivity index (χ0) is 13.0. The van der Waals surface area contributed by atoms with E-state index in [9.17, 15) is 13.6 Å². The van der Waals surface area contributed by atoms with E-state index in [4.69, 9.17) is 10.5 Å². The Morgan fingerprint density at radius 2 is 1.88 bits per heavy atom. The summed E-state index contributed by atoms with van der Waals surface area (Å²) in [4.78, 5) is 11.2. The van der Waals surface area contributed by atoms with Crippen molar-refractivity contribution in [2.24, 2.45) is 11.1 Å². The van der Waals surface area contributed by atoms with Crippen molar-refractivity contribution >= 4 is 6.09 Å². The molecule has 6 heteroatoms. The van der Waals surface area contributed by atoms with Crippen molar-refractivity contribution in [1.29, 1.82) is 0 Å². The highest BCUT2D eigenvalue weighted by Crippen LogP contribution is 2.23. The van der Waals surface area contributed by atoms with Gasteiger partial charge in [-0.3, -0.25) is 0 Å². The van der Waals surface area contributed by atoms with Crippen LogP contribution < -0.4 is 11.1 Å². The molecule has 0 aliphatic rings. The molecule has 0 bridgehead atoms. The number of halogens is 2. The smallest absolute Gasteiger partial charge is 0.407 e. The Morgan fingerprint density at radius 3 is 2.19 bits per heavy atom. The fourth-order valence-electron chi connectivity index (χ4n) is 0.827. The Balaban J connectivity index is 4.18. The maximum atomic E-state index is 12.6. The largest absolute Gasteiger partial charge is 0.444 e. The van der Waals surface area contributed by atoms with Gasteiger partial charge >= 0.3 is 6.09 Å². The molecule has 1 unspecified atom stereocenters. The Kier molecular flexibility index (Phi) is 5.12. The van der Waals surface area contributed by atoms with E-state index in [-0.39, 0.29) is 13.1 Å². The molecule has 0 fully saturated rings. The van der Waals surface area contributed by atoms with Crippen LogP contribution in [-0.4, -0.2) is 31.2 Å². The van der Waals surface area contributed by atoms with Crippen molar-refractivity contribution < 1.29 is 18.3 Å². The summed E-state index contributed by atoms with van der Waals surface area (Å²) in [6.07, 6.45) is -3.31. The number of nitrogens with two attached hydrogens (primary N) is 1. The van der Waals surface area contributed by atoms with Crippen molar-refractivity contribution in [1.82, 2.24) is 5.32 Å². The molecule has 0 heterocycles. The number of carbonyl (C=O) groups excluding carboxylic acids is 1. The molecule has 0 saturated heterocycles. The zero-order valence-electron chi connectivity index (χ0n) is 10.1. The molecule has 0 aromatic rings. The maximum Gasteiger partial charge on any atom is 0.407 e. The minimum atomic E-state index is -2.59.